The molecule has 3 N–H and O–H groups in total. The van der Waals surface area contributed by atoms with Gasteiger partial charge in [0.05, 0.1) is 11.5 Å². The van der Waals surface area contributed by atoms with Crippen LogP contribution in [0, 0.1) is 6.92 Å². The van der Waals surface area contributed by atoms with E-state index in [-0.39, 0.29) is 24.6 Å². The molecule has 0 aliphatic carbocycles. The number of aliphatic hydroxyl groups excluding tert-OH is 1. The maximum absolute atomic E-state index is 12.3. The van der Waals surface area contributed by atoms with Crippen LogP contribution in [0.3, 0.4) is 0 Å². The molecule has 1 aromatic rings. The summed E-state index contributed by atoms with van der Waals surface area (Å²) in [5.74, 6) is 0. The van der Waals surface area contributed by atoms with E-state index < -0.39 is 10.0 Å². The van der Waals surface area contributed by atoms with Crippen molar-refractivity contribution in [1.29, 1.82) is 0 Å². The molecule has 0 aliphatic rings. The summed E-state index contributed by atoms with van der Waals surface area (Å²) in [7, 11) is -3.65. The van der Waals surface area contributed by atoms with E-state index >= 15 is 0 Å². The highest BCUT2D eigenvalue weighted by Gasteiger charge is 2.23. The van der Waals surface area contributed by atoms with Gasteiger partial charge in [-0.2, -0.15) is 4.31 Å². The molecule has 0 bridgehead atoms. The Labute approximate surface area is 108 Å². The van der Waals surface area contributed by atoms with Crippen LogP contribution in [0.25, 0.3) is 0 Å². The van der Waals surface area contributed by atoms with E-state index in [1.165, 1.54) is 12.1 Å². The summed E-state index contributed by atoms with van der Waals surface area (Å²) in [4.78, 5) is 0.135. The van der Waals surface area contributed by atoms with Crippen molar-refractivity contribution >= 4 is 15.7 Å². The standard InChI is InChI=1S/C12H18N2O3S/c1-3-4-14(5-6-15)18(16,17)12-8-10(2)7-11(13)9-12/h3,7-9,15H,1,4-6,13H2,2H3. The number of aryl methyl sites for hydroxylation is 1. The summed E-state index contributed by atoms with van der Waals surface area (Å²) >= 11 is 0. The van der Waals surface area contributed by atoms with Crippen LogP contribution >= 0.6 is 0 Å². The quantitative estimate of drug-likeness (QED) is 0.590. The van der Waals surface area contributed by atoms with Gasteiger partial charge in [-0.25, -0.2) is 8.42 Å². The molecule has 1 aromatic carbocycles. The van der Waals surface area contributed by atoms with Crippen molar-refractivity contribution in [1.82, 2.24) is 4.31 Å². The number of aliphatic hydroxyl groups is 1. The zero-order valence-electron chi connectivity index (χ0n) is 10.3. The fraction of sp³-hybridized carbons (Fsp3) is 0.333. The van der Waals surface area contributed by atoms with Crippen LogP contribution in [-0.4, -0.2) is 37.5 Å². The number of nitrogen functional groups attached to an aromatic ring is 1. The van der Waals surface area contributed by atoms with Crippen molar-refractivity contribution in [2.75, 3.05) is 25.4 Å². The number of anilines is 1. The van der Waals surface area contributed by atoms with Gasteiger partial charge >= 0.3 is 0 Å². The van der Waals surface area contributed by atoms with Crippen LogP contribution in [-0.2, 0) is 10.0 Å². The normalized spacial score (nSPS) is 11.7. The molecule has 0 aromatic heterocycles. The van der Waals surface area contributed by atoms with Gasteiger partial charge in [-0.15, -0.1) is 6.58 Å². The Balaban J connectivity index is 3.21. The van der Waals surface area contributed by atoms with Crippen LogP contribution in [0.2, 0.25) is 0 Å². The first-order valence-electron chi connectivity index (χ1n) is 5.51. The van der Waals surface area contributed by atoms with E-state index in [9.17, 15) is 8.42 Å². The van der Waals surface area contributed by atoms with Crippen LogP contribution < -0.4 is 5.73 Å². The average Bonchev–Trinajstić information content (AvgIpc) is 2.27. The van der Waals surface area contributed by atoms with E-state index in [1.807, 2.05) is 0 Å². The maximum atomic E-state index is 12.3. The van der Waals surface area contributed by atoms with Gasteiger partial charge in [0.2, 0.25) is 10.0 Å². The van der Waals surface area contributed by atoms with Crippen molar-refractivity contribution in [3.63, 3.8) is 0 Å². The molecule has 0 fully saturated rings. The Kier molecular flexibility index (Phi) is 4.89. The van der Waals surface area contributed by atoms with E-state index in [2.05, 4.69) is 6.58 Å². The van der Waals surface area contributed by atoms with Gasteiger partial charge in [0, 0.05) is 18.8 Å². The lowest BCUT2D eigenvalue weighted by atomic mass is 10.2. The third kappa shape index (κ3) is 3.32. The van der Waals surface area contributed by atoms with E-state index in [0.29, 0.717) is 5.69 Å². The minimum atomic E-state index is -3.65. The number of hydrogen-bond acceptors (Lipinski definition) is 4. The van der Waals surface area contributed by atoms with Gasteiger partial charge in [0.15, 0.2) is 0 Å². The lowest BCUT2D eigenvalue weighted by molar-refractivity contribution is 0.260. The fourth-order valence-electron chi connectivity index (χ4n) is 1.64. The molecular formula is C12H18N2O3S. The summed E-state index contributed by atoms with van der Waals surface area (Å²) < 4.78 is 25.8. The lowest BCUT2D eigenvalue weighted by Gasteiger charge is -2.20. The van der Waals surface area contributed by atoms with Gasteiger partial charge < -0.3 is 10.8 Å². The summed E-state index contributed by atoms with van der Waals surface area (Å²) in [6.45, 7) is 5.23. The molecular weight excluding hydrogens is 252 g/mol. The van der Waals surface area contributed by atoms with Crippen molar-refractivity contribution < 1.29 is 13.5 Å². The fourth-order valence-corrected chi connectivity index (χ4v) is 3.18. The maximum Gasteiger partial charge on any atom is 0.243 e. The first-order valence-corrected chi connectivity index (χ1v) is 6.95. The summed E-state index contributed by atoms with van der Waals surface area (Å²) in [5.41, 5.74) is 6.83. The third-order valence-electron chi connectivity index (χ3n) is 2.39. The third-order valence-corrected chi connectivity index (χ3v) is 4.24. The predicted molar refractivity (Wildman–Crippen MR) is 71.6 cm³/mol. The van der Waals surface area contributed by atoms with E-state index in [0.717, 1.165) is 9.87 Å². The summed E-state index contributed by atoms with van der Waals surface area (Å²) in [6, 6.07) is 4.66. The van der Waals surface area contributed by atoms with Gasteiger partial charge in [0.25, 0.3) is 0 Å². The molecule has 0 heterocycles. The average molecular weight is 270 g/mol. The highest BCUT2D eigenvalue weighted by atomic mass is 32.2. The summed E-state index contributed by atoms with van der Waals surface area (Å²) in [5, 5.41) is 8.92. The monoisotopic (exact) mass is 270 g/mol. The highest BCUT2D eigenvalue weighted by Crippen LogP contribution is 2.20. The number of benzene rings is 1. The molecule has 0 aliphatic heterocycles. The largest absolute Gasteiger partial charge is 0.399 e. The van der Waals surface area contributed by atoms with Crippen molar-refractivity contribution in [3.8, 4) is 0 Å². The number of nitrogens with zero attached hydrogens (tertiary/aromatic N) is 1. The minimum absolute atomic E-state index is 0.0300. The topological polar surface area (TPSA) is 83.6 Å². The second-order valence-electron chi connectivity index (χ2n) is 3.95. The molecule has 6 heteroatoms. The molecule has 0 atom stereocenters. The SMILES string of the molecule is C=CCN(CCO)S(=O)(=O)c1cc(C)cc(N)c1. The molecule has 0 saturated carbocycles. The first-order chi connectivity index (χ1) is 8.41. The Morgan fingerprint density at radius 1 is 1.44 bits per heavy atom. The molecule has 100 valence electrons. The minimum Gasteiger partial charge on any atom is -0.399 e. The molecule has 18 heavy (non-hydrogen) atoms. The molecule has 5 nitrogen and oxygen atoms in total. The molecule has 0 unspecified atom stereocenters. The van der Waals surface area contributed by atoms with Crippen LogP contribution in [0.1, 0.15) is 5.56 Å². The van der Waals surface area contributed by atoms with Gasteiger partial charge in [0.1, 0.15) is 0 Å². The van der Waals surface area contributed by atoms with Crippen LogP contribution in [0.4, 0.5) is 5.69 Å². The lowest BCUT2D eigenvalue weighted by Crippen LogP contribution is -2.33. The Morgan fingerprint density at radius 3 is 2.61 bits per heavy atom. The second kappa shape index (κ2) is 5.99. The first kappa shape index (κ1) is 14.7. The molecule has 0 spiro atoms. The van der Waals surface area contributed by atoms with Gasteiger partial charge in [-0.3, -0.25) is 0 Å². The molecule has 0 saturated heterocycles. The Morgan fingerprint density at radius 2 is 2.11 bits per heavy atom. The predicted octanol–water partition coefficient (Wildman–Crippen LogP) is 0.746. The van der Waals surface area contributed by atoms with Crippen molar-refractivity contribution in [3.05, 3.63) is 36.4 Å². The van der Waals surface area contributed by atoms with Gasteiger partial charge in [-0.05, 0) is 30.7 Å². The van der Waals surface area contributed by atoms with E-state index in [1.54, 1.807) is 19.1 Å². The number of nitrogens with two attached hydrogens (primary N) is 1. The van der Waals surface area contributed by atoms with Crippen LogP contribution in [0.5, 0.6) is 0 Å². The number of hydrogen-bond donors (Lipinski definition) is 2. The molecule has 0 amide bonds. The highest BCUT2D eigenvalue weighted by molar-refractivity contribution is 7.89. The summed E-state index contributed by atoms with van der Waals surface area (Å²) in [6.07, 6.45) is 1.48. The smallest absolute Gasteiger partial charge is 0.243 e. The Hall–Kier alpha value is -1.37. The second-order valence-corrected chi connectivity index (χ2v) is 5.89. The molecule has 1 rings (SSSR count). The number of sulfonamides is 1. The van der Waals surface area contributed by atoms with Crippen molar-refractivity contribution in [2.24, 2.45) is 0 Å². The zero-order chi connectivity index (χ0) is 13.8. The molecule has 0 radical (unpaired) electrons. The van der Waals surface area contributed by atoms with Gasteiger partial charge in [-0.1, -0.05) is 6.08 Å². The zero-order valence-corrected chi connectivity index (χ0v) is 11.2. The van der Waals surface area contributed by atoms with Crippen molar-refractivity contribution in [2.45, 2.75) is 11.8 Å². The number of rotatable bonds is 6. The van der Waals surface area contributed by atoms with Crippen LogP contribution in [0.15, 0.2) is 35.7 Å². The Bertz CT molecular complexity index is 506. The van der Waals surface area contributed by atoms with E-state index in [4.69, 9.17) is 10.8 Å².